The molecule has 0 atom stereocenters. The van der Waals surface area contributed by atoms with Gasteiger partial charge in [-0.3, -0.25) is 0 Å². The molecule has 0 aliphatic carbocycles. The molecule has 76 valence electrons. The predicted molar refractivity (Wildman–Crippen MR) is 57.7 cm³/mol. The fourth-order valence-electron chi connectivity index (χ4n) is 0.707. The van der Waals surface area contributed by atoms with Crippen LogP contribution in [-0.4, -0.2) is 26.2 Å². The van der Waals surface area contributed by atoms with Gasteiger partial charge in [0.15, 0.2) is 0 Å². The summed E-state index contributed by atoms with van der Waals surface area (Å²) in [6.07, 6.45) is 2.49. The molecule has 0 saturated heterocycles. The van der Waals surface area contributed by atoms with E-state index < -0.39 is 0 Å². The molecule has 12 heavy (non-hydrogen) atoms. The maximum absolute atomic E-state index is 3.20. The predicted octanol–water partition coefficient (Wildman–Crippen LogP) is 2.01. The molecule has 0 spiro atoms. The lowest BCUT2D eigenvalue weighted by Gasteiger charge is -1.91. The third-order valence-electron chi connectivity index (χ3n) is 1.35. The molecular weight excluding hydrogens is 148 g/mol. The largest absolute Gasteiger partial charge is 0.317 e. The van der Waals surface area contributed by atoms with Gasteiger partial charge in [0.25, 0.3) is 0 Å². The van der Waals surface area contributed by atoms with Gasteiger partial charge in [-0.15, -0.1) is 0 Å². The summed E-state index contributed by atoms with van der Waals surface area (Å²) in [5, 5.41) is 6.40. The summed E-state index contributed by atoms with van der Waals surface area (Å²) in [6, 6.07) is 0. The summed E-state index contributed by atoms with van der Waals surface area (Å²) in [5.74, 6) is 0. The summed E-state index contributed by atoms with van der Waals surface area (Å²) in [6.45, 7) is 13.1. The normalized spacial score (nSPS) is 9.00. The van der Waals surface area contributed by atoms with E-state index in [4.69, 9.17) is 0 Å². The lowest BCUT2D eigenvalue weighted by molar-refractivity contribution is 0.703. The van der Waals surface area contributed by atoms with Gasteiger partial charge in [-0.1, -0.05) is 27.7 Å². The van der Waals surface area contributed by atoms with Gasteiger partial charge in [0.1, 0.15) is 0 Å². The smallest absolute Gasteiger partial charge is 0.00517 e. The summed E-state index contributed by atoms with van der Waals surface area (Å²) in [5.41, 5.74) is 0. The molecule has 0 fully saturated rings. The van der Waals surface area contributed by atoms with Crippen LogP contribution in [0.2, 0.25) is 0 Å². The van der Waals surface area contributed by atoms with E-state index in [1.165, 1.54) is 12.8 Å². The second-order valence-corrected chi connectivity index (χ2v) is 2.71. The van der Waals surface area contributed by atoms with Crippen LogP contribution in [0.5, 0.6) is 0 Å². The Labute approximate surface area is 78.1 Å². The Bertz CT molecular complexity index is 39.8. The van der Waals surface area contributed by atoms with Gasteiger partial charge in [0, 0.05) is 0 Å². The Kier molecular flexibility index (Phi) is 20.6. The minimum Gasteiger partial charge on any atom is -0.317 e. The molecular formula is C10H26N2. The molecule has 0 bridgehead atoms. The second-order valence-electron chi connectivity index (χ2n) is 2.71. The molecule has 0 rings (SSSR count). The Morgan fingerprint density at radius 2 is 1.00 bits per heavy atom. The average Bonchev–Trinajstić information content (AvgIpc) is 2.12. The number of nitrogens with one attached hydrogen (secondary N) is 2. The second kappa shape index (κ2) is 17.1. The Morgan fingerprint density at radius 3 is 1.08 bits per heavy atom. The zero-order chi connectivity index (χ0) is 9.66. The fraction of sp³-hybridized carbons (Fsp3) is 1.00. The molecule has 0 aromatic rings. The molecule has 0 aliphatic rings. The van der Waals surface area contributed by atoms with Gasteiger partial charge in [0.05, 0.1) is 0 Å². The molecule has 2 heteroatoms. The van der Waals surface area contributed by atoms with Crippen molar-refractivity contribution in [3.63, 3.8) is 0 Å². The quantitative estimate of drug-likeness (QED) is 0.602. The first-order valence-electron chi connectivity index (χ1n) is 5.24. The van der Waals surface area contributed by atoms with Crippen LogP contribution in [0.3, 0.4) is 0 Å². The molecule has 0 amide bonds. The SMILES string of the molecule is CCCNCC.CCCNCC. The van der Waals surface area contributed by atoms with Crippen molar-refractivity contribution in [2.75, 3.05) is 26.2 Å². The van der Waals surface area contributed by atoms with Crippen LogP contribution in [0.1, 0.15) is 40.5 Å². The summed E-state index contributed by atoms with van der Waals surface area (Å²) in [4.78, 5) is 0. The topological polar surface area (TPSA) is 24.1 Å². The van der Waals surface area contributed by atoms with E-state index >= 15 is 0 Å². The van der Waals surface area contributed by atoms with Crippen molar-refractivity contribution in [2.45, 2.75) is 40.5 Å². The molecule has 0 aliphatic heterocycles. The van der Waals surface area contributed by atoms with E-state index in [0.717, 1.165) is 26.2 Å². The van der Waals surface area contributed by atoms with Gasteiger partial charge in [-0.05, 0) is 39.0 Å². The van der Waals surface area contributed by atoms with E-state index in [2.05, 4.69) is 38.3 Å². The van der Waals surface area contributed by atoms with Gasteiger partial charge >= 0.3 is 0 Å². The summed E-state index contributed by atoms with van der Waals surface area (Å²) in [7, 11) is 0. The highest BCUT2D eigenvalue weighted by atomic mass is 14.8. The van der Waals surface area contributed by atoms with Crippen LogP contribution >= 0.6 is 0 Å². The highest BCUT2D eigenvalue weighted by Gasteiger charge is 1.72. The van der Waals surface area contributed by atoms with Crippen molar-refractivity contribution >= 4 is 0 Å². The lowest BCUT2D eigenvalue weighted by Crippen LogP contribution is -2.12. The highest BCUT2D eigenvalue weighted by molar-refractivity contribution is 4.35. The summed E-state index contributed by atoms with van der Waals surface area (Å²) < 4.78 is 0. The van der Waals surface area contributed by atoms with E-state index in [1.807, 2.05) is 0 Å². The van der Waals surface area contributed by atoms with Gasteiger partial charge in [-0.2, -0.15) is 0 Å². The molecule has 0 unspecified atom stereocenters. The van der Waals surface area contributed by atoms with E-state index in [9.17, 15) is 0 Å². The monoisotopic (exact) mass is 174 g/mol. The Hall–Kier alpha value is -0.0800. The maximum Gasteiger partial charge on any atom is -0.00517 e. The van der Waals surface area contributed by atoms with Crippen molar-refractivity contribution in [3.05, 3.63) is 0 Å². The van der Waals surface area contributed by atoms with Crippen LogP contribution in [-0.2, 0) is 0 Å². The van der Waals surface area contributed by atoms with Crippen LogP contribution < -0.4 is 10.6 Å². The molecule has 2 N–H and O–H groups in total. The van der Waals surface area contributed by atoms with Crippen molar-refractivity contribution in [1.82, 2.24) is 10.6 Å². The number of hydrogen-bond acceptors (Lipinski definition) is 2. The first-order chi connectivity index (χ1) is 5.83. The molecule has 0 aromatic heterocycles. The first kappa shape index (κ1) is 14.4. The van der Waals surface area contributed by atoms with Crippen LogP contribution in [0, 0.1) is 0 Å². The molecule has 0 heterocycles. The van der Waals surface area contributed by atoms with Crippen molar-refractivity contribution in [3.8, 4) is 0 Å². The van der Waals surface area contributed by atoms with Crippen molar-refractivity contribution in [2.24, 2.45) is 0 Å². The van der Waals surface area contributed by atoms with Crippen molar-refractivity contribution in [1.29, 1.82) is 0 Å². The highest BCUT2D eigenvalue weighted by Crippen LogP contribution is 1.66. The lowest BCUT2D eigenvalue weighted by atomic mass is 10.5. The summed E-state index contributed by atoms with van der Waals surface area (Å²) >= 11 is 0. The molecule has 0 aromatic carbocycles. The van der Waals surface area contributed by atoms with Gasteiger partial charge in [0.2, 0.25) is 0 Å². The van der Waals surface area contributed by atoms with E-state index in [-0.39, 0.29) is 0 Å². The minimum absolute atomic E-state index is 1.10. The number of hydrogen-bond donors (Lipinski definition) is 2. The van der Waals surface area contributed by atoms with Crippen molar-refractivity contribution < 1.29 is 0 Å². The average molecular weight is 174 g/mol. The van der Waals surface area contributed by atoms with Gasteiger partial charge < -0.3 is 10.6 Å². The third kappa shape index (κ3) is 22.5. The first-order valence-corrected chi connectivity index (χ1v) is 5.24. The van der Waals surface area contributed by atoms with E-state index in [1.54, 1.807) is 0 Å². The molecule has 2 nitrogen and oxygen atoms in total. The van der Waals surface area contributed by atoms with Crippen LogP contribution in [0.25, 0.3) is 0 Å². The Morgan fingerprint density at radius 1 is 0.667 bits per heavy atom. The van der Waals surface area contributed by atoms with Crippen LogP contribution in [0.4, 0.5) is 0 Å². The molecule has 0 radical (unpaired) electrons. The third-order valence-corrected chi connectivity index (χ3v) is 1.35. The fourth-order valence-corrected chi connectivity index (χ4v) is 0.707. The molecule has 0 saturated carbocycles. The standard InChI is InChI=1S/2C5H13N/c2*1-3-5-6-4-2/h2*6H,3-5H2,1-2H3. The zero-order valence-corrected chi connectivity index (χ0v) is 9.24. The minimum atomic E-state index is 1.10. The van der Waals surface area contributed by atoms with E-state index in [0.29, 0.717) is 0 Å². The Balaban J connectivity index is 0. The maximum atomic E-state index is 3.20. The number of rotatable bonds is 6. The zero-order valence-electron chi connectivity index (χ0n) is 9.24. The van der Waals surface area contributed by atoms with Gasteiger partial charge in [-0.25, -0.2) is 0 Å². The van der Waals surface area contributed by atoms with Crippen LogP contribution in [0.15, 0.2) is 0 Å².